The second-order valence-corrected chi connectivity index (χ2v) is 7.87. The maximum Gasteiger partial charge on any atom is 0.0157 e. The van der Waals surface area contributed by atoms with Gasteiger partial charge in [-0.05, 0) is 40.9 Å². The Morgan fingerprint density at radius 1 is 1.05 bits per heavy atom. The summed E-state index contributed by atoms with van der Waals surface area (Å²) in [4.78, 5) is 0. The highest BCUT2D eigenvalue weighted by Gasteiger charge is 2.15. The van der Waals surface area contributed by atoms with Crippen LogP contribution in [0, 0.1) is 10.8 Å². The van der Waals surface area contributed by atoms with Gasteiger partial charge in [-0.1, -0.05) is 85.4 Å². The number of rotatable bonds is 5. The zero-order valence-corrected chi connectivity index (χ0v) is 15.9. The zero-order chi connectivity index (χ0) is 17.6. The molecule has 0 unspecified atom stereocenters. The molecule has 0 aromatic rings. The lowest BCUT2D eigenvalue weighted by Gasteiger charge is -2.21. The fourth-order valence-electron chi connectivity index (χ4n) is 1.90. The van der Waals surface area contributed by atoms with Crippen LogP contribution in [0.1, 0.15) is 61.8 Å². The monoisotopic (exact) mass is 301 g/mol. The molecule has 0 aliphatic heterocycles. The van der Waals surface area contributed by atoms with Crippen LogP contribution in [0.2, 0.25) is 0 Å². The maximum atomic E-state index is 6.23. The Labute approximate surface area is 138 Å². The smallest absolute Gasteiger partial charge is 0.0157 e. The summed E-state index contributed by atoms with van der Waals surface area (Å²) in [7, 11) is 0. The molecule has 124 valence electrons. The molecule has 0 atom stereocenters. The first kappa shape index (κ1) is 20.5. The second kappa shape index (κ2) is 8.22. The van der Waals surface area contributed by atoms with Crippen LogP contribution in [-0.4, -0.2) is 0 Å². The highest BCUT2D eigenvalue weighted by Crippen LogP contribution is 2.30. The molecule has 0 saturated heterocycles. The van der Waals surface area contributed by atoms with E-state index in [1.165, 1.54) is 5.57 Å². The van der Waals surface area contributed by atoms with E-state index in [1.807, 2.05) is 6.92 Å². The minimum absolute atomic E-state index is 0.0786. The van der Waals surface area contributed by atoms with E-state index in [2.05, 4.69) is 85.4 Å². The van der Waals surface area contributed by atoms with E-state index >= 15 is 0 Å². The number of nitrogens with two attached hydrogens (primary N) is 1. The van der Waals surface area contributed by atoms with Gasteiger partial charge in [0, 0.05) is 5.70 Å². The van der Waals surface area contributed by atoms with Gasteiger partial charge in [-0.25, -0.2) is 0 Å². The lowest BCUT2D eigenvalue weighted by atomic mass is 9.84. The van der Waals surface area contributed by atoms with Gasteiger partial charge >= 0.3 is 0 Å². The predicted octanol–water partition coefficient (Wildman–Crippen LogP) is 6.32. The van der Waals surface area contributed by atoms with Crippen molar-refractivity contribution < 1.29 is 0 Å². The van der Waals surface area contributed by atoms with Crippen molar-refractivity contribution in [1.82, 2.24) is 0 Å². The largest absolute Gasteiger partial charge is 0.402 e. The van der Waals surface area contributed by atoms with E-state index < -0.39 is 0 Å². The van der Waals surface area contributed by atoms with Crippen molar-refractivity contribution in [2.75, 3.05) is 0 Å². The number of allylic oxidation sites excluding steroid dienone is 9. The van der Waals surface area contributed by atoms with Crippen LogP contribution in [0.15, 0.2) is 59.4 Å². The van der Waals surface area contributed by atoms with E-state index in [0.29, 0.717) is 0 Å². The van der Waals surface area contributed by atoms with Gasteiger partial charge in [0.25, 0.3) is 0 Å². The van der Waals surface area contributed by atoms with Crippen LogP contribution < -0.4 is 5.73 Å². The van der Waals surface area contributed by atoms with Crippen molar-refractivity contribution in [1.29, 1.82) is 0 Å². The molecule has 0 fully saturated rings. The Kier molecular flexibility index (Phi) is 7.66. The summed E-state index contributed by atoms with van der Waals surface area (Å²) in [5, 5.41) is 0. The standard InChI is InChI=1S/C21H35N/c1-10-12-17(21(7,8)9)15-16(3)18(19(22)11-2)13-14-20(4,5)6/h10,12-15H,3,11,22H2,1-2,4-9H3/b12-10-,14-13?,17-15+,19-18-. The van der Waals surface area contributed by atoms with Crippen molar-refractivity contribution >= 4 is 0 Å². The van der Waals surface area contributed by atoms with Gasteiger partial charge in [-0.15, -0.1) is 0 Å². The van der Waals surface area contributed by atoms with Crippen molar-refractivity contribution in [3.05, 3.63) is 59.4 Å². The van der Waals surface area contributed by atoms with Crippen LogP contribution in [0.5, 0.6) is 0 Å². The molecular formula is C21H35N. The first-order valence-electron chi connectivity index (χ1n) is 8.14. The lowest BCUT2D eigenvalue weighted by molar-refractivity contribution is 0.516. The minimum Gasteiger partial charge on any atom is -0.402 e. The van der Waals surface area contributed by atoms with Crippen LogP contribution in [0.3, 0.4) is 0 Å². The third-order valence-electron chi connectivity index (χ3n) is 3.36. The van der Waals surface area contributed by atoms with E-state index in [4.69, 9.17) is 5.73 Å². The molecule has 1 heteroatoms. The van der Waals surface area contributed by atoms with Crippen LogP contribution in [0.25, 0.3) is 0 Å². The van der Waals surface area contributed by atoms with Crippen LogP contribution in [0.4, 0.5) is 0 Å². The first-order chi connectivity index (χ1) is 9.92. The fourth-order valence-corrected chi connectivity index (χ4v) is 1.90. The average Bonchev–Trinajstić information content (AvgIpc) is 2.35. The number of hydrogen-bond acceptors (Lipinski definition) is 1. The molecule has 22 heavy (non-hydrogen) atoms. The summed E-state index contributed by atoms with van der Waals surface area (Å²) < 4.78 is 0. The molecule has 1 nitrogen and oxygen atoms in total. The van der Waals surface area contributed by atoms with Crippen molar-refractivity contribution in [3.8, 4) is 0 Å². The highest BCUT2D eigenvalue weighted by molar-refractivity contribution is 5.50. The Hall–Kier alpha value is -1.50. The highest BCUT2D eigenvalue weighted by atomic mass is 14.6. The summed E-state index contributed by atoms with van der Waals surface area (Å²) in [6.07, 6.45) is 11.5. The van der Waals surface area contributed by atoms with E-state index in [9.17, 15) is 0 Å². The van der Waals surface area contributed by atoms with Gasteiger partial charge in [-0.3, -0.25) is 0 Å². The summed E-state index contributed by atoms with van der Waals surface area (Å²) >= 11 is 0. The zero-order valence-electron chi connectivity index (χ0n) is 15.9. The molecule has 2 N–H and O–H groups in total. The first-order valence-corrected chi connectivity index (χ1v) is 8.14. The third-order valence-corrected chi connectivity index (χ3v) is 3.36. The Bertz CT molecular complexity index is 497. The van der Waals surface area contributed by atoms with E-state index in [1.54, 1.807) is 0 Å². The molecule has 0 bridgehead atoms. The van der Waals surface area contributed by atoms with Crippen molar-refractivity contribution in [2.24, 2.45) is 16.6 Å². The van der Waals surface area contributed by atoms with Gasteiger partial charge < -0.3 is 5.73 Å². The summed E-state index contributed by atoms with van der Waals surface area (Å²) in [5.74, 6) is 0. The topological polar surface area (TPSA) is 26.0 Å². The van der Waals surface area contributed by atoms with Crippen LogP contribution in [-0.2, 0) is 0 Å². The molecule has 0 aliphatic carbocycles. The fraction of sp³-hybridized carbons (Fsp3) is 0.524. The molecule has 0 radical (unpaired) electrons. The second-order valence-electron chi connectivity index (χ2n) is 7.87. The molecule has 0 amide bonds. The average molecular weight is 302 g/mol. The maximum absolute atomic E-state index is 6.23. The quantitative estimate of drug-likeness (QED) is 0.591. The van der Waals surface area contributed by atoms with Crippen LogP contribution >= 0.6 is 0 Å². The predicted molar refractivity (Wildman–Crippen MR) is 102 cm³/mol. The third kappa shape index (κ3) is 7.49. The van der Waals surface area contributed by atoms with Crippen molar-refractivity contribution in [2.45, 2.75) is 61.8 Å². The minimum atomic E-state index is 0.0786. The number of hydrogen-bond donors (Lipinski definition) is 1. The molecular weight excluding hydrogens is 266 g/mol. The van der Waals surface area contributed by atoms with E-state index in [0.717, 1.165) is 23.3 Å². The molecule has 0 spiro atoms. The molecule has 0 aliphatic rings. The Morgan fingerprint density at radius 2 is 1.59 bits per heavy atom. The van der Waals surface area contributed by atoms with Gasteiger partial charge in [0.1, 0.15) is 0 Å². The molecule has 0 heterocycles. The Morgan fingerprint density at radius 3 is 1.95 bits per heavy atom. The van der Waals surface area contributed by atoms with Gasteiger partial charge in [0.2, 0.25) is 0 Å². The van der Waals surface area contributed by atoms with Gasteiger partial charge in [0.15, 0.2) is 0 Å². The summed E-state index contributed by atoms with van der Waals surface area (Å²) in [5.41, 5.74) is 10.6. The SMILES string of the molecule is C=C(/C=C(\C=C/C)C(C)(C)C)/C(C=CC(C)(C)C)=C(\N)CC. The lowest BCUT2D eigenvalue weighted by Crippen LogP contribution is -2.09. The molecule has 0 aromatic heterocycles. The summed E-state index contributed by atoms with van der Waals surface area (Å²) in [6.45, 7) is 21.6. The Balaban J connectivity index is 5.80. The van der Waals surface area contributed by atoms with Crippen molar-refractivity contribution in [3.63, 3.8) is 0 Å². The summed E-state index contributed by atoms with van der Waals surface area (Å²) in [6, 6.07) is 0. The molecule has 0 saturated carbocycles. The van der Waals surface area contributed by atoms with Gasteiger partial charge in [-0.2, -0.15) is 0 Å². The molecule has 0 rings (SSSR count). The van der Waals surface area contributed by atoms with Gasteiger partial charge in [0.05, 0.1) is 0 Å². The normalized spacial score (nSPS) is 15.5. The van der Waals surface area contributed by atoms with E-state index in [-0.39, 0.29) is 10.8 Å². The molecule has 0 aromatic carbocycles.